The molecule has 0 spiro atoms. The van der Waals surface area contributed by atoms with E-state index in [1.165, 1.54) is 0 Å². The quantitative estimate of drug-likeness (QED) is 0.753. The van der Waals surface area contributed by atoms with Gasteiger partial charge in [-0.2, -0.15) is 0 Å². The summed E-state index contributed by atoms with van der Waals surface area (Å²) in [5.41, 5.74) is 6.34. The van der Waals surface area contributed by atoms with E-state index in [0.717, 1.165) is 5.56 Å². The summed E-state index contributed by atoms with van der Waals surface area (Å²) in [7, 11) is 0. The smallest absolute Gasteiger partial charge is 0.225 e. The first-order chi connectivity index (χ1) is 6.13. The average Bonchev–Trinajstić information content (AvgIpc) is 2.04. The topological polar surface area (TPSA) is 43.1 Å². The zero-order valence-electron chi connectivity index (χ0n) is 8.03. The first kappa shape index (κ1) is 9.78. The van der Waals surface area contributed by atoms with Crippen molar-refractivity contribution in [2.75, 3.05) is 0 Å². The maximum Gasteiger partial charge on any atom is 0.225 e. The van der Waals surface area contributed by atoms with Crippen molar-refractivity contribution in [3.05, 3.63) is 35.9 Å². The van der Waals surface area contributed by atoms with Gasteiger partial charge in [0.05, 0.1) is 5.92 Å². The number of hydrogen-bond donors (Lipinski definition) is 1. The summed E-state index contributed by atoms with van der Waals surface area (Å²) in [5, 5.41) is 0. The van der Waals surface area contributed by atoms with Gasteiger partial charge in [0.25, 0.3) is 0 Å². The monoisotopic (exact) mass is 177 g/mol. The Morgan fingerprint density at radius 2 is 1.77 bits per heavy atom. The lowest BCUT2D eigenvalue weighted by atomic mass is 9.88. The summed E-state index contributed by atoms with van der Waals surface area (Å²) < 4.78 is 0. The Morgan fingerprint density at radius 3 is 2.15 bits per heavy atom. The van der Waals surface area contributed by atoms with Crippen molar-refractivity contribution in [3.63, 3.8) is 0 Å². The summed E-state index contributed by atoms with van der Waals surface area (Å²) in [6.45, 7) is 4.00. The molecule has 70 valence electrons. The summed E-state index contributed by atoms with van der Waals surface area (Å²) in [4.78, 5) is 11.2. The molecular formula is C11H15NO. The molecule has 1 aromatic carbocycles. The van der Waals surface area contributed by atoms with Crippen LogP contribution in [0.4, 0.5) is 0 Å². The van der Waals surface area contributed by atoms with Gasteiger partial charge in [0.1, 0.15) is 0 Å². The van der Waals surface area contributed by atoms with Crippen molar-refractivity contribution in [1.82, 2.24) is 0 Å². The van der Waals surface area contributed by atoms with Crippen LogP contribution >= 0.6 is 0 Å². The van der Waals surface area contributed by atoms with Gasteiger partial charge in [0.15, 0.2) is 0 Å². The fourth-order valence-electron chi connectivity index (χ4n) is 1.54. The number of hydrogen-bond acceptors (Lipinski definition) is 1. The molecule has 0 saturated carbocycles. The van der Waals surface area contributed by atoms with E-state index in [9.17, 15) is 4.79 Å². The Labute approximate surface area is 78.8 Å². The molecule has 2 heteroatoms. The molecule has 1 atom stereocenters. The van der Waals surface area contributed by atoms with E-state index in [1.807, 2.05) is 44.2 Å². The van der Waals surface area contributed by atoms with Crippen LogP contribution < -0.4 is 5.73 Å². The van der Waals surface area contributed by atoms with Crippen molar-refractivity contribution in [2.24, 2.45) is 11.7 Å². The van der Waals surface area contributed by atoms with Crippen LogP contribution in [-0.2, 0) is 4.79 Å². The van der Waals surface area contributed by atoms with Crippen LogP contribution in [-0.4, -0.2) is 5.91 Å². The molecular weight excluding hydrogens is 162 g/mol. The number of carbonyl (C=O) groups is 1. The van der Waals surface area contributed by atoms with Crippen LogP contribution in [0.3, 0.4) is 0 Å². The third-order valence-electron chi connectivity index (χ3n) is 2.13. The molecule has 1 aromatic rings. The van der Waals surface area contributed by atoms with Gasteiger partial charge in [0.2, 0.25) is 5.91 Å². The average molecular weight is 177 g/mol. The molecule has 0 aromatic heterocycles. The first-order valence-electron chi connectivity index (χ1n) is 4.47. The zero-order chi connectivity index (χ0) is 9.84. The van der Waals surface area contributed by atoms with E-state index in [1.54, 1.807) is 0 Å². The minimum Gasteiger partial charge on any atom is -0.369 e. The fourth-order valence-corrected chi connectivity index (χ4v) is 1.54. The second-order valence-corrected chi connectivity index (χ2v) is 3.53. The molecule has 13 heavy (non-hydrogen) atoms. The Hall–Kier alpha value is -1.31. The van der Waals surface area contributed by atoms with Gasteiger partial charge in [0, 0.05) is 0 Å². The second-order valence-electron chi connectivity index (χ2n) is 3.53. The molecule has 0 saturated heterocycles. The minimum atomic E-state index is -0.249. The van der Waals surface area contributed by atoms with Crippen LogP contribution in [0, 0.1) is 5.92 Å². The Balaban J connectivity index is 2.96. The van der Waals surface area contributed by atoms with E-state index in [-0.39, 0.29) is 17.7 Å². The summed E-state index contributed by atoms with van der Waals surface area (Å²) in [6, 6.07) is 9.66. The van der Waals surface area contributed by atoms with Crippen molar-refractivity contribution in [1.29, 1.82) is 0 Å². The zero-order valence-corrected chi connectivity index (χ0v) is 8.03. The van der Waals surface area contributed by atoms with E-state index >= 15 is 0 Å². The Morgan fingerprint density at radius 1 is 1.23 bits per heavy atom. The third kappa shape index (κ3) is 2.31. The summed E-state index contributed by atoms with van der Waals surface area (Å²) in [6.07, 6.45) is 0. The SMILES string of the molecule is CC(C)C(C(N)=O)c1ccccc1. The van der Waals surface area contributed by atoms with Gasteiger partial charge in [-0.05, 0) is 11.5 Å². The number of carbonyl (C=O) groups excluding carboxylic acids is 1. The molecule has 2 N–H and O–H groups in total. The van der Waals surface area contributed by atoms with E-state index in [0.29, 0.717) is 0 Å². The van der Waals surface area contributed by atoms with Crippen LogP contribution in [0.15, 0.2) is 30.3 Å². The normalized spacial score (nSPS) is 12.8. The van der Waals surface area contributed by atoms with Crippen molar-refractivity contribution >= 4 is 5.91 Å². The molecule has 1 rings (SSSR count). The maximum atomic E-state index is 11.2. The van der Waals surface area contributed by atoms with E-state index < -0.39 is 0 Å². The van der Waals surface area contributed by atoms with Gasteiger partial charge < -0.3 is 5.73 Å². The Bertz CT molecular complexity index is 279. The van der Waals surface area contributed by atoms with Crippen molar-refractivity contribution in [2.45, 2.75) is 19.8 Å². The Kier molecular flexibility index (Phi) is 3.07. The first-order valence-corrected chi connectivity index (χ1v) is 4.47. The highest BCUT2D eigenvalue weighted by atomic mass is 16.1. The molecule has 0 aliphatic heterocycles. The highest BCUT2D eigenvalue weighted by Gasteiger charge is 2.20. The molecule has 0 aliphatic carbocycles. The van der Waals surface area contributed by atoms with Crippen LogP contribution in [0.25, 0.3) is 0 Å². The molecule has 0 heterocycles. The predicted octanol–water partition coefficient (Wildman–Crippen LogP) is 1.91. The molecule has 0 aliphatic rings. The number of nitrogens with two attached hydrogens (primary N) is 1. The van der Waals surface area contributed by atoms with Crippen LogP contribution in [0.2, 0.25) is 0 Å². The highest BCUT2D eigenvalue weighted by molar-refractivity contribution is 5.82. The second kappa shape index (κ2) is 4.08. The third-order valence-corrected chi connectivity index (χ3v) is 2.13. The molecule has 0 radical (unpaired) electrons. The lowest BCUT2D eigenvalue weighted by Gasteiger charge is -2.17. The van der Waals surface area contributed by atoms with Gasteiger partial charge in [-0.25, -0.2) is 0 Å². The van der Waals surface area contributed by atoms with Crippen LogP contribution in [0.5, 0.6) is 0 Å². The minimum absolute atomic E-state index is 0.166. The number of amides is 1. The van der Waals surface area contributed by atoms with Gasteiger partial charge >= 0.3 is 0 Å². The largest absolute Gasteiger partial charge is 0.369 e. The molecule has 0 fully saturated rings. The summed E-state index contributed by atoms with van der Waals surface area (Å²) >= 11 is 0. The fraction of sp³-hybridized carbons (Fsp3) is 0.364. The highest BCUT2D eigenvalue weighted by Crippen LogP contribution is 2.23. The molecule has 1 unspecified atom stereocenters. The number of benzene rings is 1. The van der Waals surface area contributed by atoms with E-state index in [2.05, 4.69) is 0 Å². The summed E-state index contributed by atoms with van der Waals surface area (Å²) in [5.74, 6) is -0.165. The van der Waals surface area contributed by atoms with E-state index in [4.69, 9.17) is 5.73 Å². The molecule has 1 amide bonds. The predicted molar refractivity (Wildman–Crippen MR) is 53.2 cm³/mol. The number of primary amides is 1. The molecule has 2 nitrogen and oxygen atoms in total. The van der Waals surface area contributed by atoms with Crippen molar-refractivity contribution < 1.29 is 4.79 Å². The lowest BCUT2D eigenvalue weighted by Crippen LogP contribution is -2.25. The van der Waals surface area contributed by atoms with Gasteiger partial charge in [-0.15, -0.1) is 0 Å². The lowest BCUT2D eigenvalue weighted by molar-refractivity contribution is -0.120. The number of rotatable bonds is 3. The molecule has 0 bridgehead atoms. The standard InChI is InChI=1S/C11H15NO/c1-8(2)10(11(12)13)9-6-4-3-5-7-9/h3-8,10H,1-2H3,(H2,12,13). The van der Waals surface area contributed by atoms with Gasteiger partial charge in [-0.1, -0.05) is 44.2 Å². The maximum absolute atomic E-state index is 11.2. The van der Waals surface area contributed by atoms with Gasteiger partial charge in [-0.3, -0.25) is 4.79 Å². The van der Waals surface area contributed by atoms with Crippen LogP contribution in [0.1, 0.15) is 25.3 Å². The van der Waals surface area contributed by atoms with Crippen molar-refractivity contribution in [3.8, 4) is 0 Å².